The van der Waals surface area contributed by atoms with Gasteiger partial charge in [0.15, 0.2) is 0 Å². The smallest absolute Gasteiger partial charge is 0.0297 e. The van der Waals surface area contributed by atoms with Gasteiger partial charge < -0.3 is 0 Å². The van der Waals surface area contributed by atoms with Crippen LogP contribution in [-0.4, -0.2) is 6.71 Å². The van der Waals surface area contributed by atoms with Crippen LogP contribution in [0.3, 0.4) is 0 Å². The predicted octanol–water partition coefficient (Wildman–Crippen LogP) is 8.70. The van der Waals surface area contributed by atoms with Crippen molar-refractivity contribution in [1.29, 1.82) is 0 Å². The molecule has 0 N–H and O–H groups in total. The molecule has 0 aliphatic heterocycles. The van der Waals surface area contributed by atoms with E-state index in [2.05, 4.69) is 62.3 Å². The zero-order valence-corrected chi connectivity index (χ0v) is 22.2. The van der Waals surface area contributed by atoms with Crippen molar-refractivity contribution in [2.75, 3.05) is 0 Å². The van der Waals surface area contributed by atoms with Gasteiger partial charge in [-0.3, -0.25) is 0 Å². The zero-order chi connectivity index (χ0) is 22.2. The van der Waals surface area contributed by atoms with E-state index in [0.717, 1.165) is 77.4 Å². The summed E-state index contributed by atoms with van der Waals surface area (Å²) in [6.45, 7) is 24.8. The summed E-state index contributed by atoms with van der Waals surface area (Å²) >= 11 is 0. The molecule has 0 aromatic heterocycles. The van der Waals surface area contributed by atoms with E-state index in [0.29, 0.717) is 16.2 Å². The highest BCUT2D eigenvalue weighted by molar-refractivity contribution is 6.64. The monoisotopic (exact) mass is 422 g/mol. The molecule has 12 atom stereocenters. The first kappa shape index (κ1) is 21.6. The van der Waals surface area contributed by atoms with Crippen LogP contribution in [0.1, 0.15) is 101 Å². The molecule has 9 rings (SSSR count). The lowest BCUT2D eigenvalue weighted by Gasteiger charge is -2.74. The van der Waals surface area contributed by atoms with Gasteiger partial charge in [0, 0.05) is 0 Å². The number of fused-ring (bicyclic) bond motifs is 6. The quantitative estimate of drug-likeness (QED) is 0.399. The predicted molar refractivity (Wildman–Crippen MR) is 134 cm³/mol. The van der Waals surface area contributed by atoms with Gasteiger partial charge >= 0.3 is 0 Å². The summed E-state index contributed by atoms with van der Waals surface area (Å²) in [4.78, 5) is 0. The second kappa shape index (κ2) is 6.39. The van der Waals surface area contributed by atoms with Gasteiger partial charge in [0.1, 0.15) is 0 Å². The molecule has 31 heavy (non-hydrogen) atoms. The topological polar surface area (TPSA) is 0 Å². The van der Waals surface area contributed by atoms with E-state index < -0.39 is 0 Å². The van der Waals surface area contributed by atoms with Gasteiger partial charge in [-0.2, -0.15) is 17.5 Å². The summed E-state index contributed by atoms with van der Waals surface area (Å²) in [5.74, 6) is 12.1. The molecule has 9 saturated carbocycles. The van der Waals surface area contributed by atoms with Crippen molar-refractivity contribution in [1.82, 2.24) is 0 Å². The molecule has 0 aromatic rings. The molecule has 0 heterocycles. The minimum atomic E-state index is 0.630. The SMILES string of the molecule is C[C@@H]1[C@@H]([B-]([C@H]2C[C@H]3C[C@@H]([C@@H]2C)C3(C)C)[C@H]2C[C@H]3C[C@@H]([C@@H]2C)C3(C)C)C[C@H]2C[C@@H]1C2(C)C. The van der Waals surface area contributed by atoms with E-state index in [9.17, 15) is 0 Å². The van der Waals surface area contributed by atoms with Crippen molar-refractivity contribution in [2.45, 2.75) is 118 Å². The number of hydrogen-bond donors (Lipinski definition) is 0. The van der Waals surface area contributed by atoms with Gasteiger partial charge in [-0.15, -0.1) is 6.71 Å². The van der Waals surface area contributed by atoms with Crippen molar-refractivity contribution in [3.8, 4) is 0 Å². The molecule has 9 aliphatic carbocycles. The minimum absolute atomic E-state index is 0.630. The Morgan fingerprint density at radius 3 is 0.903 bits per heavy atom. The van der Waals surface area contributed by atoms with Crippen LogP contribution in [0.5, 0.6) is 0 Å². The molecule has 0 spiro atoms. The molecule has 6 bridgehead atoms. The van der Waals surface area contributed by atoms with E-state index in [4.69, 9.17) is 0 Å². The first-order valence-electron chi connectivity index (χ1n) is 14.4. The average Bonchev–Trinajstić information content (AvgIpc) is 2.69. The summed E-state index contributed by atoms with van der Waals surface area (Å²) < 4.78 is 0. The Hall–Kier alpha value is 0.0649. The van der Waals surface area contributed by atoms with Crippen LogP contribution in [0.4, 0.5) is 0 Å². The Balaban J connectivity index is 1.33. The fraction of sp³-hybridized carbons (Fsp3) is 1.00. The lowest BCUT2D eigenvalue weighted by Crippen LogP contribution is -2.63. The van der Waals surface area contributed by atoms with Crippen molar-refractivity contribution < 1.29 is 0 Å². The first-order valence-corrected chi connectivity index (χ1v) is 14.4. The summed E-state index contributed by atoms with van der Waals surface area (Å²) in [5.41, 5.74) is 1.89. The minimum Gasteiger partial charge on any atom is -0.193 e. The van der Waals surface area contributed by atoms with Crippen LogP contribution in [0, 0.1) is 69.5 Å². The summed E-state index contributed by atoms with van der Waals surface area (Å²) in [6, 6.07) is 0. The van der Waals surface area contributed by atoms with Crippen molar-refractivity contribution in [3.05, 3.63) is 0 Å². The van der Waals surface area contributed by atoms with Gasteiger partial charge in [0.25, 0.3) is 0 Å². The Bertz CT molecular complexity index is 648. The molecule has 0 aromatic carbocycles. The lowest BCUT2D eigenvalue weighted by molar-refractivity contribution is -0.115. The number of rotatable bonds is 3. The van der Waals surface area contributed by atoms with Crippen LogP contribution < -0.4 is 0 Å². The Labute approximate surface area is 194 Å². The highest BCUT2D eigenvalue weighted by Crippen LogP contribution is 2.73. The lowest BCUT2D eigenvalue weighted by atomic mass is 9.15. The third-order valence-corrected chi connectivity index (χ3v) is 14.7. The van der Waals surface area contributed by atoms with Crippen molar-refractivity contribution in [2.24, 2.45) is 69.5 Å². The molecule has 1 radical (unpaired) electrons. The van der Waals surface area contributed by atoms with Crippen LogP contribution in [0.2, 0.25) is 17.5 Å². The van der Waals surface area contributed by atoms with E-state index in [1.807, 2.05) is 0 Å². The third kappa shape index (κ3) is 2.57. The van der Waals surface area contributed by atoms with Crippen molar-refractivity contribution >= 4 is 6.71 Å². The van der Waals surface area contributed by atoms with E-state index >= 15 is 0 Å². The second-order valence-corrected chi connectivity index (χ2v) is 15.9. The van der Waals surface area contributed by atoms with Gasteiger partial charge in [0.05, 0.1) is 0 Å². The molecular formula is C30H51B-. The van der Waals surface area contributed by atoms with Crippen LogP contribution >= 0.6 is 0 Å². The van der Waals surface area contributed by atoms with Crippen molar-refractivity contribution in [3.63, 3.8) is 0 Å². The second-order valence-electron chi connectivity index (χ2n) is 15.9. The molecule has 1 heteroatoms. The fourth-order valence-corrected chi connectivity index (χ4v) is 12.0. The molecule has 0 nitrogen and oxygen atoms in total. The molecule has 0 amide bonds. The van der Waals surface area contributed by atoms with Gasteiger partial charge in [-0.05, 0) is 71.0 Å². The summed E-state index contributed by atoms with van der Waals surface area (Å²) in [5, 5.41) is 0. The Kier molecular flexibility index (Phi) is 4.45. The third-order valence-electron chi connectivity index (χ3n) is 14.7. The van der Waals surface area contributed by atoms with Gasteiger partial charge in [0.2, 0.25) is 0 Å². The molecule has 0 unspecified atom stereocenters. The molecule has 9 fully saturated rings. The largest absolute Gasteiger partial charge is 0.193 e. The first-order chi connectivity index (χ1) is 14.4. The van der Waals surface area contributed by atoms with Gasteiger partial charge in [-0.1, -0.05) is 99.3 Å². The van der Waals surface area contributed by atoms with Gasteiger partial charge in [-0.25, -0.2) is 0 Å². The van der Waals surface area contributed by atoms with E-state index in [1.54, 1.807) is 38.5 Å². The Morgan fingerprint density at radius 1 is 0.452 bits per heavy atom. The zero-order valence-electron chi connectivity index (χ0n) is 22.2. The average molecular weight is 423 g/mol. The molecule has 9 aliphatic rings. The highest BCUT2D eigenvalue weighted by Gasteiger charge is 2.61. The maximum absolute atomic E-state index is 2.70. The number of hydrogen-bond acceptors (Lipinski definition) is 0. The molecular weight excluding hydrogens is 371 g/mol. The molecule has 175 valence electrons. The highest BCUT2D eigenvalue weighted by atomic mass is 14.6. The van der Waals surface area contributed by atoms with E-state index in [1.165, 1.54) is 0 Å². The van der Waals surface area contributed by atoms with E-state index in [-0.39, 0.29) is 0 Å². The maximum Gasteiger partial charge on any atom is -0.0297 e. The van der Waals surface area contributed by atoms with Crippen LogP contribution in [0.15, 0.2) is 0 Å². The normalized spacial score (nSPS) is 57.5. The summed E-state index contributed by atoms with van der Waals surface area (Å²) in [7, 11) is 0. The van der Waals surface area contributed by atoms with Crippen LogP contribution in [-0.2, 0) is 0 Å². The maximum atomic E-state index is 2.70. The standard InChI is InChI=1S/C30H51B/c1-16-22-10-19(28(22,4)5)13-25(16)31(26-14-20-11-23(17(26)2)29(20,6)7)27-15-21-12-24(18(27)3)30(21,8)9/h16-27H,10-15H2,1-9H3/q-1/t16-,17-,18-,19+,20+,21+,22-,23-,24-,25-,26-,27-/m0/s1. The van der Waals surface area contributed by atoms with Crippen LogP contribution in [0.25, 0.3) is 0 Å². The Morgan fingerprint density at radius 2 is 0.710 bits per heavy atom. The summed E-state index contributed by atoms with van der Waals surface area (Å²) in [6.07, 6.45) is 9.36. The fourth-order valence-electron chi connectivity index (χ4n) is 12.0. The molecule has 0 saturated heterocycles.